The predicted molar refractivity (Wildman–Crippen MR) is 107 cm³/mol. The van der Waals surface area contributed by atoms with Crippen LogP contribution in [0.15, 0.2) is 42.5 Å². The molecular formula is C22H25N3O2. The number of nitrogens with zero attached hydrogens (tertiary/aromatic N) is 2. The van der Waals surface area contributed by atoms with Crippen molar-refractivity contribution in [2.24, 2.45) is 0 Å². The topological polar surface area (TPSA) is 52.7 Å². The molecule has 2 aromatic carbocycles. The van der Waals surface area contributed by atoms with Crippen LogP contribution in [0.3, 0.4) is 0 Å². The van der Waals surface area contributed by atoms with Gasteiger partial charge in [0.1, 0.15) is 6.17 Å². The Labute approximate surface area is 160 Å². The van der Waals surface area contributed by atoms with Crippen molar-refractivity contribution in [2.45, 2.75) is 38.8 Å². The van der Waals surface area contributed by atoms with Crippen molar-refractivity contribution < 1.29 is 9.59 Å². The van der Waals surface area contributed by atoms with Crippen LogP contribution in [0.5, 0.6) is 0 Å². The summed E-state index contributed by atoms with van der Waals surface area (Å²) in [6.07, 6.45) is 4.23. The van der Waals surface area contributed by atoms with Gasteiger partial charge in [0.05, 0.1) is 11.3 Å². The lowest BCUT2D eigenvalue weighted by Crippen LogP contribution is -2.55. The Morgan fingerprint density at radius 1 is 1.15 bits per heavy atom. The molecule has 2 aliphatic rings. The number of anilines is 2. The molecule has 1 fully saturated rings. The summed E-state index contributed by atoms with van der Waals surface area (Å²) in [6.45, 7) is 2.91. The van der Waals surface area contributed by atoms with E-state index in [9.17, 15) is 9.59 Å². The Morgan fingerprint density at radius 3 is 2.67 bits per heavy atom. The molecule has 1 N–H and O–H groups in total. The molecule has 4 rings (SSSR count). The van der Waals surface area contributed by atoms with E-state index in [-0.39, 0.29) is 18.0 Å². The fraction of sp³-hybridized carbons (Fsp3) is 0.364. The Morgan fingerprint density at radius 2 is 1.93 bits per heavy atom. The molecule has 0 saturated carbocycles. The first-order valence-electron chi connectivity index (χ1n) is 9.66. The first-order valence-corrected chi connectivity index (χ1v) is 9.66. The van der Waals surface area contributed by atoms with Gasteiger partial charge in [0.15, 0.2) is 0 Å². The van der Waals surface area contributed by atoms with Crippen molar-refractivity contribution in [3.8, 4) is 0 Å². The zero-order valence-corrected chi connectivity index (χ0v) is 15.9. The number of benzene rings is 2. The van der Waals surface area contributed by atoms with Gasteiger partial charge in [-0.15, -0.1) is 0 Å². The van der Waals surface area contributed by atoms with Crippen LogP contribution in [0, 0.1) is 0 Å². The summed E-state index contributed by atoms with van der Waals surface area (Å²) in [4.78, 5) is 29.6. The summed E-state index contributed by atoms with van der Waals surface area (Å²) in [7, 11) is 2.01. The number of carbonyl (C=O) groups is 2. The van der Waals surface area contributed by atoms with Gasteiger partial charge in [-0.2, -0.15) is 0 Å². The van der Waals surface area contributed by atoms with Crippen LogP contribution >= 0.6 is 0 Å². The van der Waals surface area contributed by atoms with Crippen LogP contribution in [0.2, 0.25) is 0 Å². The molecule has 0 aliphatic carbocycles. The number of hydrogen-bond donors (Lipinski definition) is 1. The average Bonchev–Trinajstić information content (AvgIpc) is 2.72. The number of aryl methyl sites for hydroxylation is 1. The highest BCUT2D eigenvalue weighted by molar-refractivity contribution is 6.08. The maximum atomic E-state index is 12.8. The van der Waals surface area contributed by atoms with E-state index < -0.39 is 0 Å². The van der Waals surface area contributed by atoms with Gasteiger partial charge < -0.3 is 15.1 Å². The van der Waals surface area contributed by atoms with Crippen molar-refractivity contribution in [1.82, 2.24) is 4.90 Å². The summed E-state index contributed by atoms with van der Waals surface area (Å²) < 4.78 is 0. The number of piperidine rings is 1. The maximum absolute atomic E-state index is 12.8. The van der Waals surface area contributed by atoms with Crippen molar-refractivity contribution >= 4 is 23.2 Å². The lowest BCUT2D eigenvalue weighted by atomic mass is 9.97. The minimum atomic E-state index is -0.158. The van der Waals surface area contributed by atoms with Crippen molar-refractivity contribution in [1.29, 1.82) is 0 Å². The second-order valence-corrected chi connectivity index (χ2v) is 7.32. The van der Waals surface area contributed by atoms with Gasteiger partial charge in [0, 0.05) is 24.8 Å². The fourth-order valence-electron chi connectivity index (χ4n) is 4.04. The van der Waals surface area contributed by atoms with E-state index in [1.54, 1.807) is 12.1 Å². The van der Waals surface area contributed by atoms with E-state index >= 15 is 0 Å². The van der Waals surface area contributed by atoms with Gasteiger partial charge in [-0.3, -0.25) is 9.59 Å². The largest absolute Gasteiger partial charge is 0.354 e. The second-order valence-electron chi connectivity index (χ2n) is 7.32. The summed E-state index contributed by atoms with van der Waals surface area (Å²) in [5.74, 6) is -0.0797. The lowest BCUT2D eigenvalue weighted by molar-refractivity contribution is 0.0589. The molecule has 0 unspecified atom stereocenters. The van der Waals surface area contributed by atoms with Gasteiger partial charge in [-0.25, -0.2) is 0 Å². The van der Waals surface area contributed by atoms with Crippen molar-refractivity contribution in [3.63, 3.8) is 0 Å². The number of rotatable bonds is 3. The predicted octanol–water partition coefficient (Wildman–Crippen LogP) is 3.90. The number of fused-ring (bicyclic) bond motifs is 2. The van der Waals surface area contributed by atoms with Crippen LogP contribution in [-0.2, 0) is 6.42 Å². The van der Waals surface area contributed by atoms with Gasteiger partial charge >= 0.3 is 0 Å². The SMILES string of the molecule is CCc1ccc(NC(=O)c2ccc3c(c2)N(C)[C@@H]2CCCCN2C3=O)cc1. The van der Waals surface area contributed by atoms with Crippen LogP contribution in [-0.4, -0.2) is 36.5 Å². The molecule has 5 nitrogen and oxygen atoms in total. The molecule has 2 aromatic rings. The number of carbonyl (C=O) groups excluding carboxylic acids is 2. The molecule has 0 bridgehead atoms. The third kappa shape index (κ3) is 3.18. The van der Waals surface area contributed by atoms with E-state index in [1.807, 2.05) is 42.3 Å². The Bertz CT molecular complexity index is 876. The summed E-state index contributed by atoms with van der Waals surface area (Å²) in [6, 6.07) is 13.3. The molecule has 5 heteroatoms. The summed E-state index contributed by atoms with van der Waals surface area (Å²) in [5, 5.41) is 2.95. The van der Waals surface area contributed by atoms with Crippen LogP contribution < -0.4 is 10.2 Å². The third-order valence-electron chi connectivity index (χ3n) is 5.67. The van der Waals surface area contributed by atoms with E-state index in [1.165, 1.54) is 5.56 Å². The number of hydrogen-bond acceptors (Lipinski definition) is 3. The Hall–Kier alpha value is -2.82. The minimum absolute atomic E-state index is 0.0786. The highest BCUT2D eigenvalue weighted by Gasteiger charge is 2.37. The number of nitrogens with one attached hydrogen (secondary N) is 1. The number of amides is 2. The average molecular weight is 363 g/mol. The molecule has 27 heavy (non-hydrogen) atoms. The van der Waals surface area contributed by atoms with Gasteiger partial charge in [-0.1, -0.05) is 19.1 Å². The standard InChI is InChI=1S/C22H25N3O2/c1-3-15-7-10-17(11-8-15)23-21(26)16-9-12-18-19(14-16)24(2)20-6-4-5-13-25(20)22(18)27/h7-12,14,20H,3-6,13H2,1-2H3,(H,23,26)/t20-/m0/s1. The molecule has 0 spiro atoms. The zero-order valence-electron chi connectivity index (χ0n) is 15.9. The lowest BCUT2D eigenvalue weighted by Gasteiger charge is -2.46. The first-order chi connectivity index (χ1) is 13.1. The summed E-state index contributed by atoms with van der Waals surface area (Å²) >= 11 is 0. The fourth-order valence-corrected chi connectivity index (χ4v) is 4.04. The first kappa shape index (κ1) is 17.6. The monoisotopic (exact) mass is 363 g/mol. The van der Waals surface area contributed by atoms with Crippen molar-refractivity contribution in [3.05, 3.63) is 59.2 Å². The van der Waals surface area contributed by atoms with Crippen LogP contribution in [0.25, 0.3) is 0 Å². The van der Waals surface area contributed by atoms with E-state index in [4.69, 9.17) is 0 Å². The van der Waals surface area contributed by atoms with Crippen LogP contribution in [0.4, 0.5) is 11.4 Å². The van der Waals surface area contributed by atoms with E-state index in [0.717, 1.165) is 43.6 Å². The normalized spacial score (nSPS) is 18.7. The molecule has 0 aromatic heterocycles. The highest BCUT2D eigenvalue weighted by Crippen LogP contribution is 2.34. The van der Waals surface area contributed by atoms with Gasteiger partial charge in [0.2, 0.25) is 0 Å². The zero-order chi connectivity index (χ0) is 19.0. The van der Waals surface area contributed by atoms with E-state index in [2.05, 4.69) is 17.1 Å². The van der Waals surface area contributed by atoms with Gasteiger partial charge in [-0.05, 0) is 61.6 Å². The molecule has 1 saturated heterocycles. The minimum Gasteiger partial charge on any atom is -0.354 e. The molecule has 2 amide bonds. The second kappa shape index (κ2) is 7.06. The molecule has 2 aliphatic heterocycles. The van der Waals surface area contributed by atoms with Gasteiger partial charge in [0.25, 0.3) is 11.8 Å². The smallest absolute Gasteiger partial charge is 0.257 e. The van der Waals surface area contributed by atoms with Crippen molar-refractivity contribution in [2.75, 3.05) is 23.8 Å². The van der Waals surface area contributed by atoms with E-state index in [0.29, 0.717) is 11.1 Å². The maximum Gasteiger partial charge on any atom is 0.257 e. The molecule has 1 atom stereocenters. The van der Waals surface area contributed by atoms with Crippen LogP contribution in [0.1, 0.15) is 52.5 Å². The quantitative estimate of drug-likeness (QED) is 0.900. The highest BCUT2D eigenvalue weighted by atomic mass is 16.2. The molecule has 140 valence electrons. The molecule has 2 heterocycles. The Balaban J connectivity index is 1.59. The molecular weight excluding hydrogens is 338 g/mol. The molecule has 0 radical (unpaired) electrons. The Kier molecular flexibility index (Phi) is 4.60. The summed E-state index contributed by atoms with van der Waals surface area (Å²) in [5.41, 5.74) is 4.10. The third-order valence-corrected chi connectivity index (χ3v) is 5.67.